The Labute approximate surface area is 193 Å². The first-order valence-corrected chi connectivity index (χ1v) is 11.3. The predicted molar refractivity (Wildman–Crippen MR) is 123 cm³/mol. The third-order valence-electron chi connectivity index (χ3n) is 5.29. The molecule has 0 spiro atoms. The minimum Gasteiger partial charge on any atom is -0.309 e. The summed E-state index contributed by atoms with van der Waals surface area (Å²) in [6.07, 6.45) is 0. The summed E-state index contributed by atoms with van der Waals surface area (Å²) < 4.78 is 30.6. The van der Waals surface area contributed by atoms with Crippen LogP contribution < -0.4 is 5.32 Å². The van der Waals surface area contributed by atoms with Crippen LogP contribution in [-0.4, -0.2) is 31.4 Å². The van der Waals surface area contributed by atoms with Crippen LogP contribution in [0, 0.1) is 25.5 Å². The minimum atomic E-state index is -0.940. The molecule has 2 aromatic carbocycles. The van der Waals surface area contributed by atoms with Crippen molar-refractivity contribution < 1.29 is 13.6 Å². The van der Waals surface area contributed by atoms with Crippen molar-refractivity contribution in [2.75, 3.05) is 11.1 Å². The van der Waals surface area contributed by atoms with Gasteiger partial charge in [0.2, 0.25) is 5.91 Å². The highest BCUT2D eigenvalue weighted by atomic mass is 32.2. The van der Waals surface area contributed by atoms with Crippen molar-refractivity contribution in [2.24, 2.45) is 0 Å². The minimum absolute atomic E-state index is 0.0667. The zero-order valence-electron chi connectivity index (χ0n) is 17.8. The standard InChI is InChI=1S/C24H19F2N5OS/c1-13-11-14(2)28-24(27-13)31-23-19(21(30-31)15-7-4-3-5-8-15)22(33-12-18(32)29-23)16-9-6-10-17(25)20(16)26/h3-11,22H,12H2,1-2H3,(H,29,32). The lowest BCUT2D eigenvalue weighted by Gasteiger charge is -2.17. The largest absolute Gasteiger partial charge is 0.309 e. The maximum atomic E-state index is 14.9. The van der Waals surface area contributed by atoms with Crippen LogP contribution >= 0.6 is 11.8 Å². The summed E-state index contributed by atoms with van der Waals surface area (Å²) in [6, 6.07) is 15.3. The Bertz CT molecular complexity index is 1350. The van der Waals surface area contributed by atoms with Gasteiger partial charge in [0.05, 0.1) is 16.7 Å². The fourth-order valence-electron chi connectivity index (χ4n) is 3.93. The molecule has 166 valence electrons. The number of aromatic nitrogens is 4. The van der Waals surface area contributed by atoms with Gasteiger partial charge in [0.25, 0.3) is 5.95 Å². The summed E-state index contributed by atoms with van der Waals surface area (Å²) >= 11 is 1.22. The highest BCUT2D eigenvalue weighted by Crippen LogP contribution is 2.47. The van der Waals surface area contributed by atoms with Gasteiger partial charge in [-0.1, -0.05) is 42.5 Å². The summed E-state index contributed by atoms with van der Waals surface area (Å²) in [4.78, 5) is 21.7. The number of hydrogen-bond acceptors (Lipinski definition) is 5. The molecule has 1 aliphatic heterocycles. The van der Waals surface area contributed by atoms with E-state index >= 15 is 0 Å². The molecule has 9 heteroatoms. The number of rotatable bonds is 3. The number of nitrogens with one attached hydrogen (secondary N) is 1. The van der Waals surface area contributed by atoms with Gasteiger partial charge in [0, 0.05) is 28.1 Å². The monoisotopic (exact) mass is 463 g/mol. The van der Waals surface area contributed by atoms with E-state index in [0.717, 1.165) is 23.0 Å². The molecule has 0 bridgehead atoms. The van der Waals surface area contributed by atoms with Crippen molar-refractivity contribution in [3.63, 3.8) is 0 Å². The second-order valence-electron chi connectivity index (χ2n) is 7.72. The number of thioether (sulfide) groups is 1. The Balaban J connectivity index is 1.83. The quantitative estimate of drug-likeness (QED) is 0.463. The molecule has 1 amide bonds. The van der Waals surface area contributed by atoms with E-state index < -0.39 is 16.9 Å². The summed E-state index contributed by atoms with van der Waals surface area (Å²) in [7, 11) is 0. The van der Waals surface area contributed by atoms with Crippen LogP contribution in [0.1, 0.15) is 27.8 Å². The van der Waals surface area contributed by atoms with Crippen molar-refractivity contribution in [3.8, 4) is 17.2 Å². The van der Waals surface area contributed by atoms with Gasteiger partial charge < -0.3 is 5.32 Å². The molecule has 0 saturated carbocycles. The molecule has 1 N–H and O–H groups in total. The van der Waals surface area contributed by atoms with Crippen LogP contribution in [0.3, 0.4) is 0 Å². The average Bonchev–Trinajstić information content (AvgIpc) is 3.06. The highest BCUT2D eigenvalue weighted by Gasteiger charge is 2.34. The first kappa shape index (κ1) is 21.3. The molecule has 4 aromatic rings. The van der Waals surface area contributed by atoms with E-state index in [1.165, 1.54) is 28.6 Å². The van der Waals surface area contributed by atoms with Crippen LogP contribution in [0.15, 0.2) is 54.6 Å². The van der Waals surface area contributed by atoms with E-state index in [2.05, 4.69) is 15.3 Å². The Morgan fingerprint density at radius 3 is 2.48 bits per heavy atom. The molecule has 0 saturated heterocycles. The predicted octanol–water partition coefficient (Wildman–Crippen LogP) is 5.00. The topological polar surface area (TPSA) is 72.7 Å². The van der Waals surface area contributed by atoms with Crippen molar-refractivity contribution >= 4 is 23.5 Å². The van der Waals surface area contributed by atoms with Gasteiger partial charge in [-0.25, -0.2) is 18.7 Å². The number of aryl methyl sites for hydroxylation is 2. The molecule has 1 atom stereocenters. The number of carbonyl (C=O) groups is 1. The SMILES string of the molecule is Cc1cc(C)nc(-n2nc(-c3ccccc3)c3c2NC(=O)CSC3c2cccc(F)c2F)n1. The van der Waals surface area contributed by atoms with Crippen molar-refractivity contribution in [2.45, 2.75) is 19.1 Å². The first-order valence-electron chi connectivity index (χ1n) is 10.3. The Morgan fingerprint density at radius 2 is 1.76 bits per heavy atom. The fourth-order valence-corrected chi connectivity index (χ4v) is 5.08. The van der Waals surface area contributed by atoms with Gasteiger partial charge in [-0.2, -0.15) is 9.78 Å². The molecule has 33 heavy (non-hydrogen) atoms. The number of carbonyl (C=O) groups excluding carboxylic acids is 1. The zero-order valence-corrected chi connectivity index (χ0v) is 18.7. The third-order valence-corrected chi connectivity index (χ3v) is 6.55. The molecule has 2 aromatic heterocycles. The molecule has 6 nitrogen and oxygen atoms in total. The van der Waals surface area contributed by atoms with E-state index in [9.17, 15) is 13.6 Å². The van der Waals surface area contributed by atoms with Gasteiger partial charge in [-0.05, 0) is 26.0 Å². The van der Waals surface area contributed by atoms with Crippen molar-refractivity contribution in [1.82, 2.24) is 19.7 Å². The third kappa shape index (κ3) is 3.89. The lowest BCUT2D eigenvalue weighted by atomic mass is 9.99. The molecule has 1 unspecified atom stereocenters. The van der Waals surface area contributed by atoms with Crippen molar-refractivity contribution in [1.29, 1.82) is 0 Å². The summed E-state index contributed by atoms with van der Waals surface area (Å²) in [6.45, 7) is 3.69. The van der Waals surface area contributed by atoms with Crippen LogP contribution in [0.5, 0.6) is 0 Å². The number of fused-ring (bicyclic) bond motifs is 1. The Morgan fingerprint density at radius 1 is 1.03 bits per heavy atom. The Kier molecular flexibility index (Phi) is 5.41. The number of halogens is 2. The molecular weight excluding hydrogens is 444 g/mol. The van der Waals surface area contributed by atoms with Crippen molar-refractivity contribution in [3.05, 3.63) is 88.7 Å². The van der Waals surface area contributed by atoms with E-state index in [0.29, 0.717) is 17.1 Å². The average molecular weight is 464 g/mol. The lowest BCUT2D eigenvalue weighted by Crippen LogP contribution is -2.17. The number of benzene rings is 2. The number of anilines is 1. The van der Waals surface area contributed by atoms with Gasteiger partial charge >= 0.3 is 0 Å². The summed E-state index contributed by atoms with van der Waals surface area (Å²) in [5.74, 6) is -1.45. The van der Waals surface area contributed by atoms with Crippen LogP contribution in [0.4, 0.5) is 14.6 Å². The lowest BCUT2D eigenvalue weighted by molar-refractivity contribution is -0.113. The van der Waals surface area contributed by atoms with Crippen LogP contribution in [-0.2, 0) is 4.79 Å². The molecule has 0 fully saturated rings. The molecule has 1 aliphatic rings. The molecule has 3 heterocycles. The summed E-state index contributed by atoms with van der Waals surface area (Å²) in [5, 5.41) is 6.99. The van der Waals surface area contributed by atoms with Gasteiger partial charge in [0.15, 0.2) is 11.6 Å². The van der Waals surface area contributed by atoms with Gasteiger partial charge in [-0.3, -0.25) is 4.79 Å². The van der Waals surface area contributed by atoms with E-state index in [1.807, 2.05) is 50.2 Å². The van der Waals surface area contributed by atoms with Crippen LogP contribution in [0.2, 0.25) is 0 Å². The van der Waals surface area contributed by atoms with E-state index in [1.54, 1.807) is 0 Å². The molecular formula is C24H19F2N5OS. The first-order chi connectivity index (χ1) is 15.9. The molecule has 5 rings (SSSR count). The zero-order chi connectivity index (χ0) is 23.1. The number of amides is 1. The maximum absolute atomic E-state index is 14.9. The maximum Gasteiger partial charge on any atom is 0.252 e. The second kappa shape index (κ2) is 8.40. The fraction of sp³-hybridized carbons (Fsp3) is 0.167. The second-order valence-corrected chi connectivity index (χ2v) is 8.82. The normalized spacial score (nSPS) is 15.6. The van der Waals surface area contributed by atoms with Gasteiger partial charge in [-0.15, -0.1) is 11.8 Å². The van der Waals surface area contributed by atoms with E-state index in [-0.39, 0.29) is 23.2 Å². The highest BCUT2D eigenvalue weighted by molar-refractivity contribution is 8.00. The summed E-state index contributed by atoms with van der Waals surface area (Å²) in [5.41, 5.74) is 3.52. The molecule has 0 aliphatic carbocycles. The number of hydrogen-bond donors (Lipinski definition) is 1. The smallest absolute Gasteiger partial charge is 0.252 e. The molecule has 0 radical (unpaired) electrons. The van der Waals surface area contributed by atoms with Crippen LogP contribution in [0.25, 0.3) is 17.2 Å². The van der Waals surface area contributed by atoms with E-state index in [4.69, 9.17) is 5.10 Å². The number of nitrogens with zero attached hydrogens (tertiary/aromatic N) is 4. The Hall–Kier alpha value is -3.59. The van der Waals surface area contributed by atoms with Gasteiger partial charge in [0.1, 0.15) is 5.82 Å².